The summed E-state index contributed by atoms with van der Waals surface area (Å²) in [4.78, 5) is 0. The summed E-state index contributed by atoms with van der Waals surface area (Å²) in [5.74, 6) is 6.38. The van der Waals surface area contributed by atoms with Crippen LogP contribution in [0.2, 0.25) is 0 Å². The molecule has 0 radical (unpaired) electrons. The van der Waals surface area contributed by atoms with Crippen LogP contribution in [0.15, 0.2) is 42.0 Å². The third-order valence-electron chi connectivity index (χ3n) is 4.55. The van der Waals surface area contributed by atoms with Gasteiger partial charge in [-0.05, 0) is 67.3 Å². The van der Waals surface area contributed by atoms with Crippen molar-refractivity contribution in [1.82, 2.24) is 0 Å². The summed E-state index contributed by atoms with van der Waals surface area (Å²) in [6.07, 6.45) is -1.65. The average Bonchev–Trinajstić information content (AvgIpc) is 2.80. The van der Waals surface area contributed by atoms with Crippen molar-refractivity contribution in [2.24, 2.45) is 0 Å². The lowest BCUT2D eigenvalue weighted by molar-refractivity contribution is -0.130. The van der Waals surface area contributed by atoms with Crippen molar-refractivity contribution in [1.29, 1.82) is 0 Å². The number of allylic oxidation sites excluding steroid dienone is 1. The van der Waals surface area contributed by atoms with Crippen LogP contribution < -0.4 is 16.4 Å². The van der Waals surface area contributed by atoms with E-state index < -0.39 is 12.6 Å². The van der Waals surface area contributed by atoms with Crippen molar-refractivity contribution in [2.75, 3.05) is 30.0 Å². The average molecular weight is 462 g/mol. The van der Waals surface area contributed by atoms with Crippen molar-refractivity contribution in [3.05, 3.63) is 58.7 Å². The highest BCUT2D eigenvalue weighted by Crippen LogP contribution is 2.21. The fourth-order valence-electron chi connectivity index (χ4n) is 2.69. The molecule has 4 N–H and O–H groups in total. The summed E-state index contributed by atoms with van der Waals surface area (Å²) < 4.78 is 32.4. The molecule has 0 saturated carbocycles. The van der Waals surface area contributed by atoms with Gasteiger partial charge < -0.3 is 16.4 Å². The first-order valence-electron chi connectivity index (χ1n) is 11.2. The molecule has 6 heteroatoms. The number of nitrogens with two attached hydrogens (primary N) is 1. The number of halogens is 3. The SMILES string of the molecule is CC.CCC(F)(F)F.CCc1cc(NC)ccc1NCC#C/C(C)=C/c1c(C)cccc1N. The summed E-state index contributed by atoms with van der Waals surface area (Å²) >= 11 is 0. The maximum atomic E-state index is 10.8. The van der Waals surface area contributed by atoms with Crippen LogP contribution in [0.5, 0.6) is 0 Å². The van der Waals surface area contributed by atoms with E-state index in [0.717, 1.165) is 47.1 Å². The summed E-state index contributed by atoms with van der Waals surface area (Å²) in [6.45, 7) is 11.9. The van der Waals surface area contributed by atoms with Gasteiger partial charge in [-0.3, -0.25) is 0 Å². The van der Waals surface area contributed by atoms with Crippen LogP contribution in [0.1, 0.15) is 57.7 Å². The van der Waals surface area contributed by atoms with Crippen molar-refractivity contribution >= 4 is 23.1 Å². The maximum Gasteiger partial charge on any atom is 0.388 e. The molecule has 3 nitrogen and oxygen atoms in total. The number of anilines is 3. The molecule has 0 amide bonds. The van der Waals surface area contributed by atoms with Crippen LogP contribution in [-0.4, -0.2) is 19.8 Å². The van der Waals surface area contributed by atoms with Crippen LogP contribution in [0.25, 0.3) is 6.08 Å². The Bertz CT molecular complexity index is 916. The van der Waals surface area contributed by atoms with E-state index in [1.807, 2.05) is 40.0 Å². The Kier molecular flexibility index (Phi) is 14.2. The molecule has 0 saturated heterocycles. The molecular weight excluding hydrogens is 423 g/mol. The fourth-order valence-corrected chi connectivity index (χ4v) is 2.69. The number of rotatable bonds is 5. The third-order valence-corrected chi connectivity index (χ3v) is 4.55. The number of alkyl halides is 3. The minimum absolute atomic E-state index is 0.611. The van der Waals surface area contributed by atoms with Crippen molar-refractivity contribution in [3.8, 4) is 11.8 Å². The molecule has 0 heterocycles. The van der Waals surface area contributed by atoms with E-state index >= 15 is 0 Å². The van der Waals surface area contributed by atoms with Gasteiger partial charge >= 0.3 is 6.18 Å². The van der Waals surface area contributed by atoms with Crippen LogP contribution in [0.3, 0.4) is 0 Å². The van der Waals surface area contributed by atoms with Gasteiger partial charge in [-0.15, -0.1) is 0 Å². The molecule has 0 aromatic heterocycles. The van der Waals surface area contributed by atoms with Crippen molar-refractivity contribution < 1.29 is 13.2 Å². The normalized spacial score (nSPS) is 10.5. The first kappa shape index (κ1) is 29.9. The predicted molar refractivity (Wildman–Crippen MR) is 139 cm³/mol. The van der Waals surface area contributed by atoms with Gasteiger partial charge in [0.1, 0.15) is 0 Å². The molecule has 0 spiro atoms. The largest absolute Gasteiger partial charge is 0.398 e. The zero-order chi connectivity index (χ0) is 25.4. The number of nitrogens with one attached hydrogen (secondary N) is 2. The number of aryl methyl sites for hydroxylation is 2. The molecule has 0 atom stereocenters. The predicted octanol–water partition coefficient (Wildman–Crippen LogP) is 7.69. The molecule has 2 aromatic rings. The Morgan fingerprint density at radius 3 is 2.27 bits per heavy atom. The van der Waals surface area contributed by atoms with E-state index in [1.165, 1.54) is 5.56 Å². The van der Waals surface area contributed by atoms with Gasteiger partial charge in [0.25, 0.3) is 0 Å². The van der Waals surface area contributed by atoms with E-state index in [1.54, 1.807) is 0 Å². The first-order valence-corrected chi connectivity index (χ1v) is 11.2. The lowest BCUT2D eigenvalue weighted by Gasteiger charge is -2.10. The van der Waals surface area contributed by atoms with Gasteiger partial charge in [0.05, 0.1) is 6.54 Å². The molecule has 0 aliphatic carbocycles. The van der Waals surface area contributed by atoms with E-state index in [-0.39, 0.29) is 0 Å². The van der Waals surface area contributed by atoms with Crippen LogP contribution in [0, 0.1) is 18.8 Å². The second kappa shape index (κ2) is 15.7. The number of benzene rings is 2. The van der Waals surface area contributed by atoms with E-state index in [0.29, 0.717) is 6.54 Å². The van der Waals surface area contributed by atoms with E-state index in [9.17, 15) is 13.2 Å². The second-order valence-corrected chi connectivity index (χ2v) is 7.00. The van der Waals surface area contributed by atoms with Crippen LogP contribution in [0.4, 0.5) is 30.2 Å². The standard InChI is InChI=1S/C22H27N3.C3H5F3.C2H6/c1-5-18-15-19(24-4)11-12-22(18)25-13-7-8-16(2)14-20-17(3)9-6-10-21(20)23;1-2-3(4,5)6;1-2/h6,9-12,14-15,24-25H,5,13,23H2,1-4H3;2H2,1H3;1-2H3/b16-14+;;. The quantitative estimate of drug-likeness (QED) is 0.316. The lowest BCUT2D eigenvalue weighted by atomic mass is 10.0. The third kappa shape index (κ3) is 11.9. The molecule has 0 bridgehead atoms. The fraction of sp³-hybridized carbons (Fsp3) is 0.407. The van der Waals surface area contributed by atoms with E-state index in [4.69, 9.17) is 5.73 Å². The molecule has 2 rings (SSSR count). The zero-order valence-corrected chi connectivity index (χ0v) is 20.9. The molecule has 2 aromatic carbocycles. The highest BCUT2D eigenvalue weighted by Gasteiger charge is 2.22. The minimum atomic E-state index is -3.96. The molecule has 182 valence electrons. The van der Waals surface area contributed by atoms with Crippen molar-refractivity contribution in [2.45, 2.75) is 60.6 Å². The van der Waals surface area contributed by atoms with Gasteiger partial charge in [0.15, 0.2) is 0 Å². The molecule has 33 heavy (non-hydrogen) atoms. The van der Waals surface area contributed by atoms with Crippen molar-refractivity contribution in [3.63, 3.8) is 0 Å². The maximum absolute atomic E-state index is 10.8. The highest BCUT2D eigenvalue weighted by atomic mass is 19.4. The molecule has 0 unspecified atom stereocenters. The topological polar surface area (TPSA) is 50.1 Å². The molecule has 0 aliphatic rings. The Balaban J connectivity index is 0.00000111. The summed E-state index contributed by atoms with van der Waals surface area (Å²) in [5.41, 5.74) is 13.6. The number of hydrogen-bond acceptors (Lipinski definition) is 3. The smallest absolute Gasteiger partial charge is 0.388 e. The van der Waals surface area contributed by atoms with Crippen LogP contribution in [-0.2, 0) is 6.42 Å². The Morgan fingerprint density at radius 1 is 1.12 bits per heavy atom. The lowest BCUT2D eigenvalue weighted by Crippen LogP contribution is -2.02. The van der Waals surface area contributed by atoms with Gasteiger partial charge in [0.2, 0.25) is 0 Å². The molecule has 0 fully saturated rings. The van der Waals surface area contributed by atoms with Gasteiger partial charge in [-0.25, -0.2) is 0 Å². The monoisotopic (exact) mass is 461 g/mol. The van der Waals surface area contributed by atoms with Crippen LogP contribution >= 0.6 is 0 Å². The molecule has 0 aliphatic heterocycles. The summed E-state index contributed by atoms with van der Waals surface area (Å²) in [7, 11) is 1.93. The summed E-state index contributed by atoms with van der Waals surface area (Å²) in [6, 6.07) is 12.3. The Labute approximate surface area is 197 Å². The summed E-state index contributed by atoms with van der Waals surface area (Å²) in [5, 5.41) is 6.57. The molecular formula is C27H38F3N3. The van der Waals surface area contributed by atoms with E-state index in [2.05, 4.69) is 66.7 Å². The number of hydrogen-bond donors (Lipinski definition) is 3. The Morgan fingerprint density at radius 2 is 1.76 bits per heavy atom. The highest BCUT2D eigenvalue weighted by molar-refractivity contribution is 5.70. The zero-order valence-electron chi connectivity index (χ0n) is 20.9. The minimum Gasteiger partial charge on any atom is -0.398 e. The van der Waals surface area contributed by atoms with Gasteiger partial charge in [-0.2, -0.15) is 13.2 Å². The Hall–Kier alpha value is -3.07. The first-order chi connectivity index (χ1) is 15.6. The second-order valence-electron chi connectivity index (χ2n) is 7.00. The number of nitrogen functional groups attached to an aromatic ring is 1. The van der Waals surface area contributed by atoms with Gasteiger partial charge in [-0.1, -0.05) is 51.7 Å². The van der Waals surface area contributed by atoms with Gasteiger partial charge in [0, 0.05) is 36.1 Å².